The fourth-order valence-electron chi connectivity index (χ4n) is 2.56. The molecule has 0 heterocycles. The van der Waals surface area contributed by atoms with Crippen molar-refractivity contribution in [3.8, 4) is 0 Å². The van der Waals surface area contributed by atoms with Crippen LogP contribution in [0.4, 0.5) is 0 Å². The number of allylic oxidation sites excluding steroid dienone is 3. The summed E-state index contributed by atoms with van der Waals surface area (Å²) in [6, 6.07) is 0. The zero-order chi connectivity index (χ0) is 11.8. The van der Waals surface area contributed by atoms with E-state index in [1.807, 2.05) is 37.2 Å². The van der Waals surface area contributed by atoms with Crippen molar-refractivity contribution in [1.29, 1.82) is 0 Å². The lowest BCUT2D eigenvalue weighted by Gasteiger charge is -2.39. The molecule has 0 N–H and O–H groups in total. The predicted octanol–water partition coefficient (Wildman–Crippen LogP) is 2.25. The number of carbonyl (C=O) groups is 1. The van der Waals surface area contributed by atoms with E-state index in [1.165, 1.54) is 5.57 Å². The summed E-state index contributed by atoms with van der Waals surface area (Å²) in [5, 5.41) is 0. The Morgan fingerprint density at radius 3 is 2.69 bits per heavy atom. The Morgan fingerprint density at radius 1 is 1.38 bits per heavy atom. The highest BCUT2D eigenvalue weighted by Crippen LogP contribution is 2.36. The second kappa shape index (κ2) is 3.89. The molecule has 16 heavy (non-hydrogen) atoms. The van der Waals surface area contributed by atoms with E-state index in [9.17, 15) is 4.79 Å². The van der Waals surface area contributed by atoms with Gasteiger partial charge in [0.15, 0.2) is 5.78 Å². The third-order valence-electron chi connectivity index (χ3n) is 3.51. The van der Waals surface area contributed by atoms with E-state index in [0.717, 1.165) is 18.4 Å². The molecular formula is C14H17NO. The van der Waals surface area contributed by atoms with Crippen LogP contribution in [0.3, 0.4) is 0 Å². The van der Waals surface area contributed by atoms with Crippen molar-refractivity contribution in [3.05, 3.63) is 41.2 Å². The van der Waals surface area contributed by atoms with Crippen LogP contribution < -0.4 is 0 Å². The minimum atomic E-state index is -0.480. The lowest BCUT2D eigenvalue weighted by atomic mass is 9.77. The maximum atomic E-state index is 12.0. The van der Waals surface area contributed by atoms with Crippen LogP contribution >= 0.6 is 0 Å². The smallest absolute Gasteiger partial charge is 0.155 e. The van der Waals surface area contributed by atoms with Gasteiger partial charge in [-0.1, -0.05) is 18.2 Å². The monoisotopic (exact) mass is 215 g/mol. The highest BCUT2D eigenvalue weighted by molar-refractivity contribution is 5.91. The summed E-state index contributed by atoms with van der Waals surface area (Å²) >= 11 is 0. The zero-order valence-electron chi connectivity index (χ0n) is 10.1. The van der Waals surface area contributed by atoms with Gasteiger partial charge in [-0.05, 0) is 45.5 Å². The third kappa shape index (κ3) is 1.51. The van der Waals surface area contributed by atoms with Crippen molar-refractivity contribution in [2.75, 3.05) is 14.1 Å². The SMILES string of the molecule is CC(=O)C1(N(C)C)CCC2=C=C1C=CC=C2. The van der Waals surface area contributed by atoms with Crippen LogP contribution in [0.2, 0.25) is 0 Å². The molecule has 0 aliphatic heterocycles. The molecule has 2 rings (SSSR count). The zero-order valence-corrected chi connectivity index (χ0v) is 10.1. The Hall–Kier alpha value is -1.37. The Balaban J connectivity index is 2.60. The molecule has 2 bridgehead atoms. The highest BCUT2D eigenvalue weighted by Gasteiger charge is 2.42. The molecule has 2 nitrogen and oxygen atoms in total. The Kier molecular flexibility index (Phi) is 2.71. The quantitative estimate of drug-likeness (QED) is 0.658. The normalized spacial score (nSPS) is 27.5. The molecule has 2 aliphatic carbocycles. The van der Waals surface area contributed by atoms with Crippen LogP contribution in [-0.4, -0.2) is 30.3 Å². The number of ketones is 1. The largest absolute Gasteiger partial charge is 0.298 e. The van der Waals surface area contributed by atoms with Gasteiger partial charge in [-0.25, -0.2) is 0 Å². The third-order valence-corrected chi connectivity index (χ3v) is 3.51. The molecule has 84 valence electrons. The van der Waals surface area contributed by atoms with Crippen LogP contribution in [0.25, 0.3) is 0 Å². The van der Waals surface area contributed by atoms with Gasteiger partial charge in [0, 0.05) is 5.57 Å². The molecule has 0 aromatic carbocycles. The lowest BCUT2D eigenvalue weighted by Crippen LogP contribution is -2.52. The molecule has 0 fully saturated rings. The standard InChI is InChI=1S/C14H17NO/c1-11(16)14(15(2)3)9-8-12-6-4-5-7-13(14)10-12/h4-7H,8-9H2,1-3H3. The van der Waals surface area contributed by atoms with Crippen LogP contribution in [0.15, 0.2) is 41.2 Å². The van der Waals surface area contributed by atoms with Gasteiger partial charge in [-0.15, -0.1) is 5.73 Å². The van der Waals surface area contributed by atoms with Gasteiger partial charge >= 0.3 is 0 Å². The first-order valence-corrected chi connectivity index (χ1v) is 5.61. The molecule has 0 radical (unpaired) electrons. The topological polar surface area (TPSA) is 20.3 Å². The molecule has 0 aromatic rings. The molecule has 0 amide bonds. The molecule has 0 saturated carbocycles. The second-order valence-electron chi connectivity index (χ2n) is 4.59. The van der Waals surface area contributed by atoms with E-state index in [1.54, 1.807) is 6.92 Å². The Morgan fingerprint density at radius 2 is 2.06 bits per heavy atom. The van der Waals surface area contributed by atoms with Crippen molar-refractivity contribution in [3.63, 3.8) is 0 Å². The summed E-state index contributed by atoms with van der Waals surface area (Å²) in [6.45, 7) is 1.67. The second-order valence-corrected chi connectivity index (χ2v) is 4.59. The average Bonchev–Trinajstić information content (AvgIpc) is 2.41. The van der Waals surface area contributed by atoms with Crippen molar-refractivity contribution < 1.29 is 4.79 Å². The number of hydrogen-bond donors (Lipinski definition) is 0. The summed E-state index contributed by atoms with van der Waals surface area (Å²) < 4.78 is 0. The molecule has 2 heteroatoms. The Bertz CT molecular complexity index is 447. The molecule has 0 aromatic heterocycles. The van der Waals surface area contributed by atoms with Gasteiger partial charge in [-0.2, -0.15) is 0 Å². The lowest BCUT2D eigenvalue weighted by molar-refractivity contribution is -0.125. The summed E-state index contributed by atoms with van der Waals surface area (Å²) in [5.74, 6) is 0.200. The summed E-state index contributed by atoms with van der Waals surface area (Å²) in [6.07, 6.45) is 9.84. The fourth-order valence-corrected chi connectivity index (χ4v) is 2.56. The number of nitrogens with zero attached hydrogens (tertiary/aromatic N) is 1. The fraction of sp³-hybridized carbons (Fsp3) is 0.429. The minimum absolute atomic E-state index is 0.200. The van der Waals surface area contributed by atoms with Crippen LogP contribution in [0.5, 0.6) is 0 Å². The summed E-state index contributed by atoms with van der Waals surface area (Å²) in [7, 11) is 3.93. The Labute approximate surface area is 96.6 Å². The van der Waals surface area contributed by atoms with Crippen molar-refractivity contribution in [1.82, 2.24) is 4.90 Å². The van der Waals surface area contributed by atoms with Gasteiger partial charge in [0.25, 0.3) is 0 Å². The van der Waals surface area contributed by atoms with E-state index < -0.39 is 5.54 Å². The van der Waals surface area contributed by atoms with Crippen molar-refractivity contribution in [2.24, 2.45) is 0 Å². The average molecular weight is 215 g/mol. The maximum absolute atomic E-state index is 12.0. The van der Waals surface area contributed by atoms with E-state index >= 15 is 0 Å². The van der Waals surface area contributed by atoms with E-state index in [4.69, 9.17) is 0 Å². The van der Waals surface area contributed by atoms with Crippen molar-refractivity contribution >= 4 is 5.78 Å². The number of rotatable bonds is 2. The van der Waals surface area contributed by atoms with E-state index in [-0.39, 0.29) is 5.78 Å². The van der Waals surface area contributed by atoms with Crippen LogP contribution in [0.1, 0.15) is 19.8 Å². The first kappa shape index (κ1) is 11.1. The van der Waals surface area contributed by atoms with E-state index in [0.29, 0.717) is 0 Å². The molecule has 0 spiro atoms. The molecule has 0 saturated heterocycles. The minimum Gasteiger partial charge on any atom is -0.298 e. The maximum Gasteiger partial charge on any atom is 0.155 e. The van der Waals surface area contributed by atoms with Gasteiger partial charge in [0.2, 0.25) is 0 Å². The first-order chi connectivity index (χ1) is 7.57. The first-order valence-electron chi connectivity index (χ1n) is 5.61. The van der Waals surface area contributed by atoms with Gasteiger partial charge < -0.3 is 0 Å². The molecule has 1 atom stereocenters. The van der Waals surface area contributed by atoms with Crippen LogP contribution in [-0.2, 0) is 4.79 Å². The number of carbonyl (C=O) groups excluding carboxylic acids is 1. The summed E-state index contributed by atoms with van der Waals surface area (Å²) in [5.41, 5.74) is 5.08. The van der Waals surface area contributed by atoms with Crippen LogP contribution in [0, 0.1) is 0 Å². The summed E-state index contributed by atoms with van der Waals surface area (Å²) in [4.78, 5) is 14.0. The highest BCUT2D eigenvalue weighted by atomic mass is 16.1. The number of Topliss-reactive ketones (excluding diaryl/α,β-unsaturated/α-hetero) is 1. The van der Waals surface area contributed by atoms with Gasteiger partial charge in [0.1, 0.15) is 5.54 Å². The van der Waals surface area contributed by atoms with E-state index in [2.05, 4.69) is 11.8 Å². The molecule has 1 unspecified atom stereocenters. The van der Waals surface area contributed by atoms with Gasteiger partial charge in [-0.3, -0.25) is 9.69 Å². The van der Waals surface area contributed by atoms with Crippen molar-refractivity contribution in [2.45, 2.75) is 25.3 Å². The molecular weight excluding hydrogens is 198 g/mol. The molecule has 2 aliphatic rings. The van der Waals surface area contributed by atoms with Gasteiger partial charge in [0.05, 0.1) is 0 Å². The predicted molar refractivity (Wildman–Crippen MR) is 65.2 cm³/mol. The number of likely N-dealkylation sites (N-methyl/N-ethyl adjacent to an activating group) is 1. The number of hydrogen-bond acceptors (Lipinski definition) is 2.